The average Bonchev–Trinajstić information content (AvgIpc) is 2.47. The fourth-order valence-corrected chi connectivity index (χ4v) is 1.02. The maximum absolute atomic E-state index is 11.0. The van der Waals surface area contributed by atoms with Crippen molar-refractivity contribution in [3.05, 3.63) is 23.2 Å². The molecule has 0 saturated heterocycles. The van der Waals surface area contributed by atoms with Crippen LogP contribution in [0.1, 0.15) is 21.9 Å². The third kappa shape index (κ3) is 2.09. The van der Waals surface area contributed by atoms with Crippen molar-refractivity contribution >= 4 is 5.97 Å². The number of esters is 1. The second-order valence-corrected chi connectivity index (χ2v) is 2.62. The van der Waals surface area contributed by atoms with Crippen LogP contribution in [0.25, 0.3) is 0 Å². The Balaban J connectivity index is 2.88. The highest BCUT2D eigenvalue weighted by atomic mass is 16.5. The first-order valence-electron chi connectivity index (χ1n) is 3.85. The molecule has 0 fully saturated rings. The van der Waals surface area contributed by atoms with Gasteiger partial charge in [-0.2, -0.15) is 0 Å². The Morgan fingerprint density at radius 2 is 2.23 bits per heavy atom. The molecule has 0 N–H and O–H groups in total. The van der Waals surface area contributed by atoms with E-state index in [0.29, 0.717) is 12.4 Å². The summed E-state index contributed by atoms with van der Waals surface area (Å²) >= 11 is 0. The predicted octanol–water partition coefficient (Wildman–Crippen LogP) is 1.52. The first kappa shape index (κ1) is 9.80. The van der Waals surface area contributed by atoms with Crippen molar-refractivity contribution < 1.29 is 18.7 Å². The Hall–Kier alpha value is -1.29. The van der Waals surface area contributed by atoms with Gasteiger partial charge < -0.3 is 13.9 Å². The van der Waals surface area contributed by atoms with E-state index in [2.05, 4.69) is 4.74 Å². The molecule has 1 heterocycles. The number of rotatable bonds is 3. The molecule has 0 atom stereocenters. The van der Waals surface area contributed by atoms with Gasteiger partial charge in [0.25, 0.3) is 0 Å². The summed E-state index contributed by atoms with van der Waals surface area (Å²) in [5.41, 5.74) is 0.864. The van der Waals surface area contributed by atoms with Crippen molar-refractivity contribution in [1.82, 2.24) is 0 Å². The van der Waals surface area contributed by atoms with Crippen molar-refractivity contribution in [2.75, 3.05) is 14.2 Å². The van der Waals surface area contributed by atoms with Crippen molar-refractivity contribution in [3.8, 4) is 0 Å². The normalized spacial score (nSPS) is 10.1. The summed E-state index contributed by atoms with van der Waals surface area (Å²) in [5, 5.41) is 0. The Bertz CT molecular complexity index is 301. The predicted molar refractivity (Wildman–Crippen MR) is 45.5 cm³/mol. The van der Waals surface area contributed by atoms with E-state index in [1.807, 2.05) is 0 Å². The molecule has 72 valence electrons. The number of hydrogen-bond acceptors (Lipinski definition) is 4. The molecular formula is C9H12O4. The minimum Gasteiger partial charge on any atom is -0.463 e. The number of aryl methyl sites for hydroxylation is 1. The van der Waals surface area contributed by atoms with E-state index in [0.717, 1.165) is 5.56 Å². The van der Waals surface area contributed by atoms with E-state index < -0.39 is 5.97 Å². The quantitative estimate of drug-likeness (QED) is 0.668. The lowest BCUT2D eigenvalue weighted by Crippen LogP contribution is -1.98. The molecule has 0 aliphatic heterocycles. The molecule has 0 spiro atoms. The molecule has 1 aromatic heterocycles. The largest absolute Gasteiger partial charge is 0.463 e. The summed E-state index contributed by atoms with van der Waals surface area (Å²) in [7, 11) is 2.90. The van der Waals surface area contributed by atoms with Crippen LogP contribution in [0, 0.1) is 6.92 Å². The first-order valence-corrected chi connectivity index (χ1v) is 3.85. The van der Waals surface area contributed by atoms with Crippen LogP contribution in [0.5, 0.6) is 0 Å². The number of ether oxygens (including phenoxy) is 2. The summed E-state index contributed by atoms with van der Waals surface area (Å²) in [4.78, 5) is 11.0. The molecule has 4 heteroatoms. The Kier molecular flexibility index (Phi) is 3.08. The van der Waals surface area contributed by atoms with Gasteiger partial charge in [-0.3, -0.25) is 0 Å². The zero-order valence-corrected chi connectivity index (χ0v) is 7.92. The van der Waals surface area contributed by atoms with Gasteiger partial charge in [-0.05, 0) is 13.0 Å². The highest BCUT2D eigenvalue weighted by Crippen LogP contribution is 2.15. The van der Waals surface area contributed by atoms with Crippen molar-refractivity contribution in [2.45, 2.75) is 13.5 Å². The number of methoxy groups -OCH3 is 2. The maximum atomic E-state index is 11.0. The minimum absolute atomic E-state index is 0.215. The molecule has 1 aromatic rings. The van der Waals surface area contributed by atoms with Crippen LogP contribution in [0.2, 0.25) is 0 Å². The van der Waals surface area contributed by atoms with Crippen LogP contribution in [-0.2, 0) is 16.1 Å². The lowest BCUT2D eigenvalue weighted by molar-refractivity contribution is 0.0563. The molecule has 0 unspecified atom stereocenters. The highest BCUT2D eigenvalue weighted by Gasteiger charge is 2.13. The van der Waals surface area contributed by atoms with Gasteiger partial charge in [-0.25, -0.2) is 4.79 Å². The van der Waals surface area contributed by atoms with E-state index in [-0.39, 0.29) is 5.76 Å². The van der Waals surface area contributed by atoms with Gasteiger partial charge >= 0.3 is 5.97 Å². The second-order valence-electron chi connectivity index (χ2n) is 2.62. The van der Waals surface area contributed by atoms with Crippen LogP contribution in [0.4, 0.5) is 0 Å². The fraction of sp³-hybridized carbons (Fsp3) is 0.444. The molecule has 1 rings (SSSR count). The van der Waals surface area contributed by atoms with Gasteiger partial charge in [0, 0.05) is 12.7 Å². The molecule has 0 radical (unpaired) electrons. The molecule has 0 aromatic carbocycles. The summed E-state index contributed by atoms with van der Waals surface area (Å²) < 4.78 is 14.6. The van der Waals surface area contributed by atoms with Gasteiger partial charge in [0.2, 0.25) is 5.76 Å². The van der Waals surface area contributed by atoms with Gasteiger partial charge in [0.15, 0.2) is 0 Å². The number of carbonyl (C=O) groups is 1. The minimum atomic E-state index is -0.467. The number of furan rings is 1. The van der Waals surface area contributed by atoms with Crippen LogP contribution in [-0.4, -0.2) is 20.2 Å². The lowest BCUT2D eigenvalue weighted by Gasteiger charge is -1.92. The molecule has 4 nitrogen and oxygen atoms in total. The molecule has 0 bridgehead atoms. The summed E-state index contributed by atoms with van der Waals surface area (Å²) in [6, 6.07) is 1.63. The van der Waals surface area contributed by atoms with Crippen LogP contribution >= 0.6 is 0 Å². The van der Waals surface area contributed by atoms with E-state index in [1.165, 1.54) is 7.11 Å². The van der Waals surface area contributed by atoms with Gasteiger partial charge in [0.1, 0.15) is 5.76 Å². The molecule has 0 saturated carbocycles. The second kappa shape index (κ2) is 4.09. The SMILES string of the molecule is COCc1cc(C(=O)OC)oc1C. The van der Waals surface area contributed by atoms with E-state index in [9.17, 15) is 4.79 Å². The highest BCUT2D eigenvalue weighted by molar-refractivity contribution is 5.86. The summed E-state index contributed by atoms with van der Waals surface area (Å²) in [5.74, 6) is 0.430. The average molecular weight is 184 g/mol. The summed E-state index contributed by atoms with van der Waals surface area (Å²) in [6.07, 6.45) is 0. The standard InChI is InChI=1S/C9H12O4/c1-6-7(5-11-2)4-8(13-6)9(10)12-3/h4H,5H2,1-3H3. The van der Waals surface area contributed by atoms with Crippen molar-refractivity contribution in [2.24, 2.45) is 0 Å². The number of carbonyl (C=O) groups excluding carboxylic acids is 1. The van der Waals surface area contributed by atoms with Crippen LogP contribution < -0.4 is 0 Å². The van der Waals surface area contributed by atoms with Gasteiger partial charge in [-0.1, -0.05) is 0 Å². The summed E-state index contributed by atoms with van der Waals surface area (Å²) in [6.45, 7) is 2.22. The zero-order valence-electron chi connectivity index (χ0n) is 7.92. The lowest BCUT2D eigenvalue weighted by atomic mass is 10.2. The topological polar surface area (TPSA) is 48.7 Å². The Morgan fingerprint density at radius 3 is 2.77 bits per heavy atom. The van der Waals surface area contributed by atoms with Crippen molar-refractivity contribution in [3.63, 3.8) is 0 Å². The zero-order chi connectivity index (χ0) is 9.84. The van der Waals surface area contributed by atoms with E-state index in [1.54, 1.807) is 20.1 Å². The Labute approximate surface area is 76.4 Å². The van der Waals surface area contributed by atoms with Gasteiger partial charge in [0.05, 0.1) is 13.7 Å². The Morgan fingerprint density at radius 1 is 1.54 bits per heavy atom. The first-order chi connectivity index (χ1) is 6.19. The number of hydrogen-bond donors (Lipinski definition) is 0. The molecule has 13 heavy (non-hydrogen) atoms. The maximum Gasteiger partial charge on any atom is 0.373 e. The van der Waals surface area contributed by atoms with E-state index in [4.69, 9.17) is 9.15 Å². The van der Waals surface area contributed by atoms with Crippen LogP contribution in [0.15, 0.2) is 10.5 Å². The fourth-order valence-electron chi connectivity index (χ4n) is 1.02. The smallest absolute Gasteiger partial charge is 0.373 e. The monoisotopic (exact) mass is 184 g/mol. The third-order valence-corrected chi connectivity index (χ3v) is 1.71. The van der Waals surface area contributed by atoms with Crippen LogP contribution in [0.3, 0.4) is 0 Å². The molecule has 0 aliphatic rings. The van der Waals surface area contributed by atoms with E-state index >= 15 is 0 Å². The third-order valence-electron chi connectivity index (χ3n) is 1.71. The molecule has 0 aliphatic carbocycles. The molecular weight excluding hydrogens is 172 g/mol. The molecule has 0 amide bonds. The van der Waals surface area contributed by atoms with Gasteiger partial charge in [-0.15, -0.1) is 0 Å². The van der Waals surface area contributed by atoms with Crippen molar-refractivity contribution in [1.29, 1.82) is 0 Å².